The van der Waals surface area contributed by atoms with Gasteiger partial charge in [-0.25, -0.2) is 4.39 Å². The number of aromatic amines is 1. The van der Waals surface area contributed by atoms with Crippen LogP contribution in [0.5, 0.6) is 0 Å². The van der Waals surface area contributed by atoms with Crippen LogP contribution in [0.25, 0.3) is 0 Å². The van der Waals surface area contributed by atoms with Crippen LogP contribution in [0.1, 0.15) is 28.2 Å². The van der Waals surface area contributed by atoms with Gasteiger partial charge in [0.2, 0.25) is 0 Å². The molecule has 25 heavy (non-hydrogen) atoms. The third-order valence-corrected chi connectivity index (χ3v) is 4.65. The third kappa shape index (κ3) is 3.72. The Morgan fingerprint density at radius 3 is 3.04 bits per heavy atom. The number of halogens is 1. The first kappa shape index (κ1) is 17.2. The lowest BCUT2D eigenvalue weighted by Gasteiger charge is -2.28. The highest BCUT2D eigenvalue weighted by Crippen LogP contribution is 2.23. The van der Waals surface area contributed by atoms with E-state index in [-0.39, 0.29) is 11.9 Å². The Labute approximate surface area is 145 Å². The normalized spacial score (nSPS) is 20.6. The van der Waals surface area contributed by atoms with Crippen molar-refractivity contribution in [3.05, 3.63) is 41.5 Å². The van der Waals surface area contributed by atoms with Gasteiger partial charge in [0.1, 0.15) is 17.9 Å². The highest BCUT2D eigenvalue weighted by atomic mass is 19.1. The quantitative estimate of drug-likeness (QED) is 0.887. The minimum Gasteiger partial charge on any atom is -0.352 e. The lowest BCUT2D eigenvalue weighted by molar-refractivity contribution is 0.0749. The van der Waals surface area contributed by atoms with Gasteiger partial charge < -0.3 is 9.88 Å². The zero-order chi connectivity index (χ0) is 18.0. The summed E-state index contributed by atoms with van der Waals surface area (Å²) in [4.78, 5) is 18.9. The van der Waals surface area contributed by atoms with Crippen LogP contribution in [0, 0.1) is 11.3 Å². The zero-order valence-electron chi connectivity index (χ0n) is 14.3. The van der Waals surface area contributed by atoms with Crippen LogP contribution in [0.4, 0.5) is 4.39 Å². The molecule has 3 heterocycles. The van der Waals surface area contributed by atoms with Gasteiger partial charge in [-0.1, -0.05) is 0 Å². The predicted molar refractivity (Wildman–Crippen MR) is 89.4 cm³/mol. The first-order chi connectivity index (χ1) is 12.0. The number of rotatable bonds is 5. The molecule has 8 heteroatoms. The van der Waals surface area contributed by atoms with Gasteiger partial charge >= 0.3 is 0 Å². The van der Waals surface area contributed by atoms with Crippen LogP contribution in [0.3, 0.4) is 0 Å². The molecule has 132 valence electrons. The van der Waals surface area contributed by atoms with E-state index >= 15 is 0 Å². The Morgan fingerprint density at radius 1 is 1.60 bits per heavy atom. The van der Waals surface area contributed by atoms with Crippen molar-refractivity contribution in [3.63, 3.8) is 0 Å². The van der Waals surface area contributed by atoms with Crippen molar-refractivity contribution >= 4 is 5.91 Å². The second-order valence-electron chi connectivity index (χ2n) is 6.46. The van der Waals surface area contributed by atoms with Gasteiger partial charge in [-0.15, -0.1) is 0 Å². The van der Waals surface area contributed by atoms with E-state index in [9.17, 15) is 9.18 Å². The summed E-state index contributed by atoms with van der Waals surface area (Å²) in [7, 11) is 3.57. The number of carbonyl (C=O) groups excluding carboxylic acids is 1. The Hall–Kier alpha value is -2.66. The number of nitrogens with zero attached hydrogens (tertiary/aromatic N) is 5. The van der Waals surface area contributed by atoms with Crippen molar-refractivity contribution in [1.29, 1.82) is 5.26 Å². The number of hydrogen-bond acceptors (Lipinski definition) is 4. The lowest BCUT2D eigenvalue weighted by Crippen LogP contribution is -2.41. The summed E-state index contributed by atoms with van der Waals surface area (Å²) in [6.45, 7) is 1.40. The summed E-state index contributed by atoms with van der Waals surface area (Å²) in [6.07, 6.45) is 2.77. The van der Waals surface area contributed by atoms with Crippen LogP contribution in [0.15, 0.2) is 24.5 Å². The van der Waals surface area contributed by atoms with Crippen molar-refractivity contribution < 1.29 is 9.18 Å². The van der Waals surface area contributed by atoms with Gasteiger partial charge in [0, 0.05) is 52.2 Å². The van der Waals surface area contributed by atoms with Gasteiger partial charge in [0.05, 0.1) is 11.3 Å². The van der Waals surface area contributed by atoms with Crippen LogP contribution in [-0.4, -0.2) is 62.8 Å². The first-order valence-electron chi connectivity index (χ1n) is 8.17. The second-order valence-corrected chi connectivity index (χ2v) is 6.46. The van der Waals surface area contributed by atoms with Gasteiger partial charge in [-0.2, -0.15) is 10.4 Å². The minimum atomic E-state index is -0.890. The number of amides is 1. The fraction of sp³-hybridized carbons (Fsp3) is 0.471. The molecular weight excluding hydrogens is 323 g/mol. The van der Waals surface area contributed by atoms with E-state index in [4.69, 9.17) is 5.26 Å². The molecular formula is C17H21FN6O. The van der Waals surface area contributed by atoms with Crippen molar-refractivity contribution in [2.75, 3.05) is 20.1 Å². The number of nitriles is 1. The number of likely N-dealkylation sites (N-methyl/N-ethyl adjacent to an activating group) is 1. The molecule has 2 aromatic rings. The van der Waals surface area contributed by atoms with E-state index in [1.54, 1.807) is 22.8 Å². The number of carbonyl (C=O) groups is 1. The van der Waals surface area contributed by atoms with Crippen LogP contribution >= 0.6 is 0 Å². The summed E-state index contributed by atoms with van der Waals surface area (Å²) in [5.41, 5.74) is 1.80. The van der Waals surface area contributed by atoms with E-state index in [0.29, 0.717) is 37.3 Å². The highest BCUT2D eigenvalue weighted by molar-refractivity contribution is 5.94. The van der Waals surface area contributed by atoms with E-state index in [1.807, 2.05) is 19.2 Å². The van der Waals surface area contributed by atoms with Crippen molar-refractivity contribution in [2.24, 2.45) is 7.05 Å². The van der Waals surface area contributed by atoms with Gasteiger partial charge in [-0.05, 0) is 18.6 Å². The highest BCUT2D eigenvalue weighted by Gasteiger charge is 2.34. The molecule has 2 aromatic heterocycles. The maximum Gasteiger partial charge on any atom is 0.255 e. The summed E-state index contributed by atoms with van der Waals surface area (Å²) >= 11 is 0. The molecule has 2 atom stereocenters. The fourth-order valence-electron chi connectivity index (χ4n) is 3.27. The van der Waals surface area contributed by atoms with Gasteiger partial charge in [-0.3, -0.25) is 14.4 Å². The second kappa shape index (κ2) is 7.07. The molecule has 0 unspecified atom stereocenters. The third-order valence-electron chi connectivity index (χ3n) is 4.65. The molecule has 1 amide bonds. The number of nitrogens with one attached hydrogen (secondary N) is 1. The average Bonchev–Trinajstić information content (AvgIpc) is 3.29. The van der Waals surface area contributed by atoms with Crippen molar-refractivity contribution in [3.8, 4) is 6.07 Å². The molecule has 1 aliphatic rings. The first-order valence-corrected chi connectivity index (χ1v) is 8.17. The Balaban J connectivity index is 1.66. The Bertz CT molecular complexity index is 791. The van der Waals surface area contributed by atoms with E-state index in [0.717, 1.165) is 5.69 Å². The van der Waals surface area contributed by atoms with E-state index in [1.165, 1.54) is 12.3 Å². The smallest absolute Gasteiger partial charge is 0.255 e. The predicted octanol–water partition coefficient (Wildman–Crippen LogP) is 1.30. The van der Waals surface area contributed by atoms with Crippen molar-refractivity contribution in [2.45, 2.75) is 25.2 Å². The largest absolute Gasteiger partial charge is 0.352 e. The summed E-state index contributed by atoms with van der Waals surface area (Å²) in [5, 5.41) is 13.0. The van der Waals surface area contributed by atoms with E-state index in [2.05, 4.69) is 15.0 Å². The molecule has 0 aliphatic carbocycles. The number of aromatic nitrogens is 3. The molecule has 0 saturated carbocycles. The molecule has 0 radical (unpaired) electrons. The zero-order valence-corrected chi connectivity index (χ0v) is 14.3. The van der Waals surface area contributed by atoms with E-state index < -0.39 is 6.17 Å². The number of hydrogen-bond donors (Lipinski definition) is 1. The Morgan fingerprint density at radius 2 is 2.40 bits per heavy atom. The summed E-state index contributed by atoms with van der Waals surface area (Å²) in [6, 6.07) is 5.36. The molecule has 1 N–H and O–H groups in total. The Kier molecular flexibility index (Phi) is 4.86. The lowest BCUT2D eigenvalue weighted by atomic mass is 10.2. The minimum absolute atomic E-state index is 0.0479. The number of likely N-dealkylation sites (tertiary alicyclic amines) is 1. The SMILES string of the molecule is CN(C[C@@H]1C[C@H](F)CN1Cc1ccnn1C)C(=O)c1c[nH]c(C#N)c1. The fourth-order valence-corrected chi connectivity index (χ4v) is 3.27. The van der Waals surface area contributed by atoms with Crippen molar-refractivity contribution in [1.82, 2.24) is 24.6 Å². The maximum absolute atomic E-state index is 14.0. The standard InChI is InChI=1S/C17H21FN6O/c1-22(17(25)12-5-14(7-19)20-8-12)10-16-6-13(18)9-24(16)11-15-3-4-21-23(15)2/h3-5,8,13,16,20H,6,9-11H2,1-2H3/t13-,16-/m0/s1. The molecule has 1 saturated heterocycles. The monoisotopic (exact) mass is 344 g/mol. The number of H-pyrrole nitrogens is 1. The molecule has 1 fully saturated rings. The molecule has 7 nitrogen and oxygen atoms in total. The molecule has 3 rings (SSSR count). The summed E-state index contributed by atoms with van der Waals surface area (Å²) in [5.74, 6) is -0.180. The molecule has 0 spiro atoms. The van der Waals surface area contributed by atoms with Crippen LogP contribution < -0.4 is 0 Å². The molecule has 0 aromatic carbocycles. The number of aryl methyl sites for hydroxylation is 1. The van der Waals surface area contributed by atoms with Crippen LogP contribution in [-0.2, 0) is 13.6 Å². The van der Waals surface area contributed by atoms with Gasteiger partial charge in [0.15, 0.2) is 0 Å². The number of alkyl halides is 1. The average molecular weight is 344 g/mol. The topological polar surface area (TPSA) is 81.0 Å². The van der Waals surface area contributed by atoms with Crippen LogP contribution in [0.2, 0.25) is 0 Å². The summed E-state index contributed by atoms with van der Waals surface area (Å²) < 4.78 is 15.7. The maximum atomic E-state index is 14.0. The molecule has 0 bridgehead atoms. The van der Waals surface area contributed by atoms with Gasteiger partial charge in [0.25, 0.3) is 5.91 Å². The molecule has 1 aliphatic heterocycles.